The number of hydrogen-bond donors (Lipinski definition) is 3. The number of nitrogens with one attached hydrogen (secondary N) is 2. The van der Waals surface area contributed by atoms with Crippen LogP contribution in [0.5, 0.6) is 5.75 Å². The highest BCUT2D eigenvalue weighted by Gasteiger charge is 2.08. The number of nitrogens with zero attached hydrogens (tertiary/aromatic N) is 1. The summed E-state index contributed by atoms with van der Waals surface area (Å²) in [6.07, 6.45) is -0.669. The zero-order valence-corrected chi connectivity index (χ0v) is 13.6. The summed E-state index contributed by atoms with van der Waals surface area (Å²) in [5.74, 6) is 1.39. The Morgan fingerprint density at radius 3 is 2.82 bits per heavy atom. The Hall–Kier alpha value is -1.79. The van der Waals surface area contributed by atoms with Gasteiger partial charge < -0.3 is 25.2 Å². The molecular formula is C16H27N3O3. The summed E-state index contributed by atoms with van der Waals surface area (Å²) in [5, 5.41) is 16.5. The van der Waals surface area contributed by atoms with E-state index in [2.05, 4.69) is 15.6 Å². The van der Waals surface area contributed by atoms with Crippen molar-refractivity contribution in [3.8, 4) is 5.75 Å². The minimum atomic E-state index is -0.669. The van der Waals surface area contributed by atoms with Gasteiger partial charge in [-0.2, -0.15) is 0 Å². The molecule has 0 radical (unpaired) electrons. The molecule has 0 bridgehead atoms. The number of aliphatic hydroxyl groups excluding tert-OH is 1. The maximum absolute atomic E-state index is 10.2. The Labute approximate surface area is 132 Å². The van der Waals surface area contributed by atoms with Gasteiger partial charge in [-0.3, -0.25) is 4.99 Å². The summed E-state index contributed by atoms with van der Waals surface area (Å²) in [5.41, 5.74) is 0.785. The molecule has 0 fully saturated rings. The van der Waals surface area contributed by atoms with E-state index in [-0.39, 0.29) is 6.54 Å². The lowest BCUT2D eigenvalue weighted by Crippen LogP contribution is -2.39. The van der Waals surface area contributed by atoms with Crippen molar-refractivity contribution < 1.29 is 14.6 Å². The van der Waals surface area contributed by atoms with Gasteiger partial charge in [-0.1, -0.05) is 12.1 Å². The van der Waals surface area contributed by atoms with Gasteiger partial charge in [-0.25, -0.2) is 0 Å². The molecule has 1 atom stereocenters. The molecule has 3 N–H and O–H groups in total. The van der Waals surface area contributed by atoms with Crippen molar-refractivity contribution in [2.75, 3.05) is 40.0 Å². The highest BCUT2D eigenvalue weighted by Crippen LogP contribution is 2.19. The van der Waals surface area contributed by atoms with Crippen LogP contribution in [-0.2, 0) is 4.74 Å². The summed E-state index contributed by atoms with van der Waals surface area (Å²) in [6, 6.07) is 7.37. The van der Waals surface area contributed by atoms with Crippen LogP contribution in [0, 0.1) is 0 Å². The van der Waals surface area contributed by atoms with E-state index < -0.39 is 6.10 Å². The molecule has 124 valence electrons. The van der Waals surface area contributed by atoms with Crippen molar-refractivity contribution in [1.82, 2.24) is 10.6 Å². The Bertz CT molecular complexity index is 452. The molecule has 0 saturated heterocycles. The normalized spacial score (nSPS) is 12.8. The number of benzene rings is 1. The van der Waals surface area contributed by atoms with Gasteiger partial charge in [0.1, 0.15) is 5.75 Å². The van der Waals surface area contributed by atoms with Gasteiger partial charge in [-0.15, -0.1) is 0 Å². The molecule has 22 heavy (non-hydrogen) atoms. The lowest BCUT2D eigenvalue weighted by molar-refractivity contribution is 0.152. The number of methoxy groups -OCH3 is 1. The Balaban J connectivity index is 2.55. The van der Waals surface area contributed by atoms with Gasteiger partial charge in [0, 0.05) is 19.7 Å². The van der Waals surface area contributed by atoms with Crippen LogP contribution in [0.3, 0.4) is 0 Å². The van der Waals surface area contributed by atoms with Crippen molar-refractivity contribution in [2.24, 2.45) is 4.99 Å². The lowest BCUT2D eigenvalue weighted by atomic mass is 10.1. The summed E-state index contributed by atoms with van der Waals surface area (Å²) >= 11 is 0. The van der Waals surface area contributed by atoms with E-state index in [4.69, 9.17) is 9.47 Å². The fraction of sp³-hybridized carbons (Fsp3) is 0.562. The summed E-state index contributed by atoms with van der Waals surface area (Å²) in [6.45, 7) is 6.99. The van der Waals surface area contributed by atoms with Crippen LogP contribution in [0.1, 0.15) is 25.5 Å². The Morgan fingerprint density at radius 1 is 1.32 bits per heavy atom. The number of hydrogen-bond acceptors (Lipinski definition) is 4. The third kappa shape index (κ3) is 6.78. The average molecular weight is 309 g/mol. The van der Waals surface area contributed by atoms with E-state index in [1.54, 1.807) is 7.11 Å². The minimum Gasteiger partial charge on any atom is -0.497 e. The van der Waals surface area contributed by atoms with Gasteiger partial charge in [-0.05, 0) is 31.5 Å². The first kappa shape index (κ1) is 18.3. The van der Waals surface area contributed by atoms with Crippen molar-refractivity contribution in [3.63, 3.8) is 0 Å². The van der Waals surface area contributed by atoms with Crippen LogP contribution < -0.4 is 15.4 Å². The van der Waals surface area contributed by atoms with Gasteiger partial charge in [0.2, 0.25) is 0 Å². The fourth-order valence-electron chi connectivity index (χ4n) is 1.86. The SMILES string of the molecule is CCNC(=NCC(O)c1cccc(OC)c1)NCCOCC. The third-order valence-corrected chi connectivity index (χ3v) is 2.99. The quantitative estimate of drug-likeness (QED) is 0.364. The molecule has 0 aliphatic carbocycles. The number of guanidine groups is 1. The van der Waals surface area contributed by atoms with Crippen molar-refractivity contribution >= 4 is 5.96 Å². The van der Waals surface area contributed by atoms with E-state index in [1.807, 2.05) is 38.1 Å². The summed E-state index contributed by atoms with van der Waals surface area (Å²) in [4.78, 5) is 4.39. The summed E-state index contributed by atoms with van der Waals surface area (Å²) < 4.78 is 10.4. The molecule has 0 aliphatic heterocycles. The van der Waals surface area contributed by atoms with Crippen LogP contribution in [0.15, 0.2) is 29.3 Å². The predicted octanol–water partition coefficient (Wildman–Crippen LogP) is 1.32. The van der Waals surface area contributed by atoms with Crippen LogP contribution in [0.2, 0.25) is 0 Å². The Kier molecular flexibility index (Phi) is 9.02. The molecule has 0 saturated carbocycles. The zero-order valence-electron chi connectivity index (χ0n) is 13.6. The molecule has 1 unspecified atom stereocenters. The average Bonchev–Trinajstić information content (AvgIpc) is 2.56. The maximum atomic E-state index is 10.2. The molecule has 0 aliphatic rings. The number of aliphatic hydroxyl groups is 1. The van der Waals surface area contributed by atoms with Crippen LogP contribution in [0.25, 0.3) is 0 Å². The van der Waals surface area contributed by atoms with Crippen molar-refractivity contribution in [2.45, 2.75) is 20.0 Å². The molecule has 6 nitrogen and oxygen atoms in total. The second kappa shape index (κ2) is 10.9. The maximum Gasteiger partial charge on any atom is 0.191 e. The first-order valence-electron chi connectivity index (χ1n) is 7.63. The molecule has 0 amide bonds. The highest BCUT2D eigenvalue weighted by molar-refractivity contribution is 5.79. The number of aliphatic imine (C=N–C) groups is 1. The van der Waals surface area contributed by atoms with Gasteiger partial charge >= 0.3 is 0 Å². The Morgan fingerprint density at radius 2 is 2.14 bits per heavy atom. The first-order chi connectivity index (χ1) is 10.7. The smallest absolute Gasteiger partial charge is 0.191 e. The van der Waals surface area contributed by atoms with E-state index >= 15 is 0 Å². The topological polar surface area (TPSA) is 75.1 Å². The van der Waals surface area contributed by atoms with E-state index in [0.717, 1.165) is 17.9 Å². The fourth-order valence-corrected chi connectivity index (χ4v) is 1.86. The number of ether oxygens (including phenoxy) is 2. The van der Waals surface area contributed by atoms with E-state index in [0.29, 0.717) is 25.7 Å². The molecular weight excluding hydrogens is 282 g/mol. The minimum absolute atomic E-state index is 0.275. The van der Waals surface area contributed by atoms with Crippen LogP contribution in [-0.4, -0.2) is 51.0 Å². The van der Waals surface area contributed by atoms with Crippen molar-refractivity contribution in [3.05, 3.63) is 29.8 Å². The van der Waals surface area contributed by atoms with Gasteiger partial charge in [0.15, 0.2) is 5.96 Å². The molecule has 1 rings (SSSR count). The monoisotopic (exact) mass is 309 g/mol. The number of rotatable bonds is 9. The highest BCUT2D eigenvalue weighted by atomic mass is 16.5. The van der Waals surface area contributed by atoms with Gasteiger partial charge in [0.25, 0.3) is 0 Å². The molecule has 1 aromatic rings. The second-order valence-electron chi connectivity index (χ2n) is 4.64. The van der Waals surface area contributed by atoms with E-state index in [1.165, 1.54) is 0 Å². The zero-order chi connectivity index (χ0) is 16.2. The van der Waals surface area contributed by atoms with Crippen LogP contribution in [0.4, 0.5) is 0 Å². The largest absolute Gasteiger partial charge is 0.497 e. The predicted molar refractivity (Wildman–Crippen MR) is 88.4 cm³/mol. The summed E-state index contributed by atoms with van der Waals surface area (Å²) in [7, 11) is 1.61. The molecule has 1 aromatic carbocycles. The first-order valence-corrected chi connectivity index (χ1v) is 7.63. The van der Waals surface area contributed by atoms with E-state index in [9.17, 15) is 5.11 Å². The lowest BCUT2D eigenvalue weighted by Gasteiger charge is -2.13. The van der Waals surface area contributed by atoms with Crippen LogP contribution >= 0.6 is 0 Å². The molecule has 0 heterocycles. The third-order valence-electron chi connectivity index (χ3n) is 2.99. The van der Waals surface area contributed by atoms with Gasteiger partial charge in [0.05, 0.1) is 26.4 Å². The molecule has 0 aromatic heterocycles. The van der Waals surface area contributed by atoms with Crippen molar-refractivity contribution in [1.29, 1.82) is 0 Å². The molecule has 6 heteroatoms. The molecule has 0 spiro atoms. The second-order valence-corrected chi connectivity index (χ2v) is 4.64. The standard InChI is InChI=1S/C16H27N3O3/c1-4-17-16(18-9-10-22-5-2)19-12-15(20)13-7-6-8-14(11-13)21-3/h6-8,11,15,20H,4-5,9-10,12H2,1-3H3,(H2,17,18,19).